The van der Waals surface area contributed by atoms with Gasteiger partial charge in [0.15, 0.2) is 19.7 Å². The molecule has 0 aromatic heterocycles. The Balaban J connectivity index is 1.96. The Morgan fingerprint density at radius 3 is 1.96 bits per heavy atom. The first-order valence-corrected chi connectivity index (χ1v) is 11.5. The van der Waals surface area contributed by atoms with E-state index in [9.17, 15) is 16.8 Å². The quantitative estimate of drug-likeness (QED) is 0.771. The van der Waals surface area contributed by atoms with Gasteiger partial charge in [-0.1, -0.05) is 23.7 Å². The van der Waals surface area contributed by atoms with Gasteiger partial charge in [0.2, 0.25) is 0 Å². The van der Waals surface area contributed by atoms with Gasteiger partial charge in [-0.3, -0.25) is 0 Å². The highest BCUT2D eigenvalue weighted by Gasteiger charge is 2.15. The van der Waals surface area contributed by atoms with E-state index in [1.165, 1.54) is 12.1 Å². The van der Waals surface area contributed by atoms with Crippen LogP contribution >= 0.6 is 11.6 Å². The lowest BCUT2D eigenvalue weighted by Crippen LogP contribution is -2.25. The molecular weight excluding hydrogens is 382 g/mol. The molecule has 2 aromatic rings. The fraction of sp³-hybridized carbons (Fsp3) is 0.294. The second-order valence-corrected chi connectivity index (χ2v) is 10.4. The first-order chi connectivity index (χ1) is 11.6. The second-order valence-electron chi connectivity index (χ2n) is 5.79. The second kappa shape index (κ2) is 7.86. The Bertz CT molecular complexity index is 922. The van der Waals surface area contributed by atoms with Crippen LogP contribution < -0.4 is 5.32 Å². The molecule has 0 aliphatic carbocycles. The van der Waals surface area contributed by atoms with Gasteiger partial charge in [-0.25, -0.2) is 16.8 Å². The van der Waals surface area contributed by atoms with Crippen molar-refractivity contribution >= 4 is 31.3 Å². The van der Waals surface area contributed by atoms with Crippen molar-refractivity contribution in [1.82, 2.24) is 5.32 Å². The van der Waals surface area contributed by atoms with Gasteiger partial charge >= 0.3 is 0 Å². The maximum atomic E-state index is 12.3. The number of nitrogens with one attached hydrogen (secondary N) is 1. The fourth-order valence-corrected chi connectivity index (χ4v) is 4.22. The number of halogens is 1. The summed E-state index contributed by atoms with van der Waals surface area (Å²) in [6.07, 6.45) is 1.16. The van der Waals surface area contributed by atoms with Gasteiger partial charge < -0.3 is 5.32 Å². The Hall–Kier alpha value is -1.41. The number of hydrogen-bond acceptors (Lipinski definition) is 5. The molecule has 1 N–H and O–H groups in total. The minimum atomic E-state index is -3.38. The third-order valence-corrected chi connectivity index (χ3v) is 6.91. The van der Waals surface area contributed by atoms with E-state index in [2.05, 4.69) is 5.32 Å². The van der Waals surface area contributed by atoms with Crippen molar-refractivity contribution in [1.29, 1.82) is 0 Å². The lowest BCUT2D eigenvalue weighted by atomic mass is 10.1. The van der Waals surface area contributed by atoms with E-state index in [0.29, 0.717) is 5.02 Å². The van der Waals surface area contributed by atoms with E-state index in [-0.39, 0.29) is 28.1 Å². The molecule has 0 heterocycles. The molecule has 0 aliphatic rings. The van der Waals surface area contributed by atoms with E-state index < -0.39 is 19.7 Å². The number of rotatable bonds is 7. The van der Waals surface area contributed by atoms with E-state index in [4.69, 9.17) is 11.6 Å². The first-order valence-electron chi connectivity index (χ1n) is 7.61. The predicted molar refractivity (Wildman–Crippen MR) is 99.5 cm³/mol. The van der Waals surface area contributed by atoms with Crippen molar-refractivity contribution in [3.05, 3.63) is 59.1 Å². The van der Waals surface area contributed by atoms with Crippen molar-refractivity contribution in [3.63, 3.8) is 0 Å². The smallest absolute Gasteiger partial charge is 0.179 e. The minimum absolute atomic E-state index is 0.0413. The molecule has 0 bridgehead atoms. The van der Waals surface area contributed by atoms with Crippen LogP contribution in [0.2, 0.25) is 5.02 Å². The first kappa shape index (κ1) is 19.9. The summed E-state index contributed by atoms with van der Waals surface area (Å²) in [4.78, 5) is 0.498. The van der Waals surface area contributed by atoms with Crippen LogP contribution in [0.5, 0.6) is 0 Å². The molecule has 25 heavy (non-hydrogen) atoms. The predicted octanol–water partition coefficient (Wildman–Crippen LogP) is 2.87. The molecule has 0 saturated carbocycles. The van der Waals surface area contributed by atoms with Crippen LogP contribution in [0.1, 0.15) is 18.5 Å². The van der Waals surface area contributed by atoms with Crippen LogP contribution in [0.15, 0.2) is 58.3 Å². The number of benzene rings is 2. The summed E-state index contributed by atoms with van der Waals surface area (Å²) in [6, 6.07) is 12.5. The highest BCUT2D eigenvalue weighted by Crippen LogP contribution is 2.17. The highest BCUT2D eigenvalue weighted by atomic mass is 35.5. The molecule has 0 saturated heterocycles. The summed E-state index contributed by atoms with van der Waals surface area (Å²) in [5, 5.41) is 3.63. The van der Waals surface area contributed by atoms with Crippen molar-refractivity contribution in [2.45, 2.75) is 22.8 Å². The minimum Gasteiger partial charge on any atom is -0.309 e. The van der Waals surface area contributed by atoms with Crippen LogP contribution in [0.25, 0.3) is 0 Å². The molecule has 0 unspecified atom stereocenters. The van der Waals surface area contributed by atoms with Gasteiger partial charge in [0.1, 0.15) is 0 Å². The van der Waals surface area contributed by atoms with E-state index in [0.717, 1.165) is 11.8 Å². The van der Waals surface area contributed by atoms with Crippen molar-refractivity contribution < 1.29 is 16.8 Å². The van der Waals surface area contributed by atoms with E-state index in [1.807, 2.05) is 6.92 Å². The Morgan fingerprint density at radius 2 is 1.44 bits per heavy atom. The molecule has 136 valence electrons. The normalized spacial score (nSPS) is 13.6. The molecule has 0 aliphatic heterocycles. The van der Waals surface area contributed by atoms with Crippen molar-refractivity contribution in [2.75, 3.05) is 18.6 Å². The van der Waals surface area contributed by atoms with Crippen LogP contribution in [-0.2, 0) is 19.7 Å². The van der Waals surface area contributed by atoms with Gasteiger partial charge in [0.25, 0.3) is 0 Å². The fourth-order valence-electron chi connectivity index (χ4n) is 2.29. The summed E-state index contributed by atoms with van der Waals surface area (Å²) in [5.41, 5.74) is 0.885. The Labute approximate surface area is 153 Å². The van der Waals surface area contributed by atoms with Gasteiger partial charge in [-0.2, -0.15) is 0 Å². The summed E-state index contributed by atoms with van der Waals surface area (Å²) >= 11 is 5.77. The molecule has 0 radical (unpaired) electrons. The standard InChI is InChI=1S/C17H20ClNO4S2/c1-13(14-3-7-16(8-4-14)24(2,20)21)19-11-12-25(22,23)17-9-5-15(18)6-10-17/h3-10,13,19H,11-12H2,1-2H3/t13-/m0/s1. The number of sulfone groups is 2. The third kappa shape index (κ3) is 5.54. The van der Waals surface area contributed by atoms with E-state index >= 15 is 0 Å². The zero-order valence-electron chi connectivity index (χ0n) is 13.9. The average Bonchev–Trinajstić information content (AvgIpc) is 2.54. The summed E-state index contributed by atoms with van der Waals surface area (Å²) in [5.74, 6) is -0.0413. The van der Waals surface area contributed by atoms with Crippen molar-refractivity contribution in [2.24, 2.45) is 0 Å². The monoisotopic (exact) mass is 401 g/mol. The van der Waals surface area contributed by atoms with Gasteiger partial charge in [-0.15, -0.1) is 0 Å². The molecule has 5 nitrogen and oxygen atoms in total. The average molecular weight is 402 g/mol. The van der Waals surface area contributed by atoms with Crippen molar-refractivity contribution in [3.8, 4) is 0 Å². The SMILES string of the molecule is C[C@H](NCCS(=O)(=O)c1ccc(Cl)cc1)c1ccc(S(C)(=O)=O)cc1. The van der Waals surface area contributed by atoms with E-state index in [1.54, 1.807) is 36.4 Å². The molecule has 0 amide bonds. The Morgan fingerprint density at radius 1 is 0.920 bits per heavy atom. The maximum Gasteiger partial charge on any atom is 0.179 e. The molecule has 0 spiro atoms. The van der Waals surface area contributed by atoms with Crippen LogP contribution in [-0.4, -0.2) is 35.4 Å². The summed E-state index contributed by atoms with van der Waals surface area (Å²) in [7, 11) is -6.61. The lowest BCUT2D eigenvalue weighted by molar-refractivity contribution is 0.571. The molecule has 1 atom stereocenters. The zero-order chi connectivity index (χ0) is 18.7. The molecule has 8 heteroatoms. The molecule has 0 fully saturated rings. The summed E-state index contributed by atoms with van der Waals surface area (Å²) < 4.78 is 47.5. The highest BCUT2D eigenvalue weighted by molar-refractivity contribution is 7.91. The van der Waals surface area contributed by atoms with Crippen LogP contribution in [0.3, 0.4) is 0 Å². The lowest BCUT2D eigenvalue weighted by Gasteiger charge is -2.15. The van der Waals surface area contributed by atoms with Crippen LogP contribution in [0, 0.1) is 0 Å². The number of hydrogen-bond donors (Lipinski definition) is 1. The Kier molecular flexibility index (Phi) is 6.26. The van der Waals surface area contributed by atoms with Gasteiger partial charge in [-0.05, 0) is 48.9 Å². The van der Waals surface area contributed by atoms with Gasteiger partial charge in [0, 0.05) is 23.9 Å². The van der Waals surface area contributed by atoms with Gasteiger partial charge in [0.05, 0.1) is 15.5 Å². The largest absolute Gasteiger partial charge is 0.309 e. The third-order valence-electron chi connectivity index (χ3n) is 3.80. The topological polar surface area (TPSA) is 80.3 Å². The van der Waals surface area contributed by atoms with Crippen LogP contribution in [0.4, 0.5) is 0 Å². The maximum absolute atomic E-state index is 12.3. The molecule has 2 rings (SSSR count). The zero-order valence-corrected chi connectivity index (χ0v) is 16.3. The summed E-state index contributed by atoms with van der Waals surface area (Å²) in [6.45, 7) is 2.17. The molecular formula is C17H20ClNO4S2. The molecule has 2 aromatic carbocycles.